The number of hydrogen-bond acceptors (Lipinski definition) is 6. The minimum Gasteiger partial charge on any atom is -0.495 e. The average Bonchev–Trinajstić information content (AvgIpc) is 2.95. The maximum atomic E-state index is 13.3. The fourth-order valence-corrected chi connectivity index (χ4v) is 4.70. The Labute approximate surface area is 227 Å². The standard InChI is InChI=1S/C30H44N4O4/c1-4-6-7-8-14-29(35)32-24-15-16-26(25(23-24)30(36)31-17-11-22-38-5-2)33-18-20-34(21-19-33)27-12-9-10-13-28(27)37-3/h9-10,12-13,15-16,23H,4-8,11,14,17-22H2,1-3H3,(H,31,36)(H,32,35). The number of benzene rings is 2. The normalized spacial score (nSPS) is 13.3. The fraction of sp³-hybridized carbons (Fsp3) is 0.533. The molecule has 1 heterocycles. The maximum Gasteiger partial charge on any atom is 0.253 e. The SMILES string of the molecule is CCCCCCC(=O)Nc1ccc(N2CCN(c3ccccc3OC)CC2)c(C(=O)NCCCOCC)c1. The van der Waals surface area contributed by atoms with Crippen LogP contribution in [0.15, 0.2) is 42.5 Å². The highest BCUT2D eigenvalue weighted by Crippen LogP contribution is 2.31. The molecule has 0 unspecified atom stereocenters. The molecule has 2 aromatic carbocycles. The second kappa shape index (κ2) is 15.9. The second-order valence-electron chi connectivity index (χ2n) is 9.54. The van der Waals surface area contributed by atoms with Crippen molar-refractivity contribution in [2.24, 2.45) is 0 Å². The lowest BCUT2D eigenvalue weighted by Gasteiger charge is -2.38. The molecule has 1 fully saturated rings. The van der Waals surface area contributed by atoms with Gasteiger partial charge < -0.3 is 29.9 Å². The molecule has 3 rings (SSSR count). The molecule has 1 aliphatic heterocycles. The smallest absolute Gasteiger partial charge is 0.253 e. The molecule has 208 valence electrons. The van der Waals surface area contributed by atoms with E-state index in [-0.39, 0.29) is 11.8 Å². The Morgan fingerprint density at radius 2 is 1.63 bits per heavy atom. The van der Waals surface area contributed by atoms with E-state index >= 15 is 0 Å². The van der Waals surface area contributed by atoms with Gasteiger partial charge in [-0.15, -0.1) is 0 Å². The summed E-state index contributed by atoms with van der Waals surface area (Å²) in [4.78, 5) is 30.3. The number of nitrogens with zero attached hydrogens (tertiary/aromatic N) is 2. The van der Waals surface area contributed by atoms with Gasteiger partial charge in [-0.05, 0) is 50.1 Å². The number of carbonyl (C=O) groups excluding carboxylic acids is 2. The molecule has 2 amide bonds. The van der Waals surface area contributed by atoms with Crippen LogP contribution in [0.5, 0.6) is 5.75 Å². The molecule has 1 aliphatic rings. The lowest BCUT2D eigenvalue weighted by molar-refractivity contribution is -0.116. The van der Waals surface area contributed by atoms with E-state index in [0.717, 1.165) is 75.4 Å². The van der Waals surface area contributed by atoms with Crippen molar-refractivity contribution >= 4 is 28.9 Å². The molecule has 0 aliphatic carbocycles. The molecule has 0 bridgehead atoms. The van der Waals surface area contributed by atoms with Crippen LogP contribution in [0.3, 0.4) is 0 Å². The van der Waals surface area contributed by atoms with Gasteiger partial charge in [0.2, 0.25) is 5.91 Å². The Bertz CT molecular complexity index is 1020. The number of unbranched alkanes of at least 4 members (excludes halogenated alkanes) is 3. The van der Waals surface area contributed by atoms with Crippen LogP contribution in [-0.4, -0.2) is 64.9 Å². The first-order chi connectivity index (χ1) is 18.6. The summed E-state index contributed by atoms with van der Waals surface area (Å²) >= 11 is 0. The molecule has 0 aromatic heterocycles. The van der Waals surface area contributed by atoms with Crippen molar-refractivity contribution in [1.82, 2.24) is 5.32 Å². The van der Waals surface area contributed by atoms with Gasteiger partial charge in [-0.1, -0.05) is 38.3 Å². The summed E-state index contributed by atoms with van der Waals surface area (Å²) in [5.41, 5.74) is 3.20. The third-order valence-electron chi connectivity index (χ3n) is 6.78. The first-order valence-corrected chi connectivity index (χ1v) is 14.0. The van der Waals surface area contributed by atoms with Gasteiger partial charge in [0.1, 0.15) is 5.75 Å². The Morgan fingerprint density at radius 3 is 2.34 bits per heavy atom. The zero-order valence-corrected chi connectivity index (χ0v) is 23.3. The van der Waals surface area contributed by atoms with Gasteiger partial charge in [0, 0.05) is 63.7 Å². The molecular formula is C30H44N4O4. The highest BCUT2D eigenvalue weighted by Gasteiger charge is 2.23. The monoisotopic (exact) mass is 524 g/mol. The van der Waals surface area contributed by atoms with Crippen LogP contribution in [0.4, 0.5) is 17.1 Å². The van der Waals surface area contributed by atoms with Gasteiger partial charge in [0.15, 0.2) is 0 Å². The number of ether oxygens (including phenoxy) is 2. The quantitative estimate of drug-likeness (QED) is 0.316. The molecule has 8 nitrogen and oxygen atoms in total. The Balaban J connectivity index is 1.70. The number of hydrogen-bond donors (Lipinski definition) is 2. The number of nitrogens with one attached hydrogen (secondary N) is 2. The summed E-state index contributed by atoms with van der Waals surface area (Å²) in [7, 11) is 1.69. The Hall–Kier alpha value is -3.26. The summed E-state index contributed by atoms with van der Waals surface area (Å²) in [5.74, 6) is 0.716. The van der Waals surface area contributed by atoms with E-state index in [1.54, 1.807) is 7.11 Å². The minimum absolute atomic E-state index is 0.0117. The predicted molar refractivity (Wildman–Crippen MR) is 155 cm³/mol. The third-order valence-corrected chi connectivity index (χ3v) is 6.78. The van der Waals surface area contributed by atoms with Crippen LogP contribution in [0.2, 0.25) is 0 Å². The second-order valence-corrected chi connectivity index (χ2v) is 9.54. The van der Waals surface area contributed by atoms with Crippen molar-refractivity contribution in [3.8, 4) is 5.75 Å². The van der Waals surface area contributed by atoms with E-state index < -0.39 is 0 Å². The lowest BCUT2D eigenvalue weighted by Crippen LogP contribution is -2.47. The highest BCUT2D eigenvalue weighted by molar-refractivity contribution is 6.02. The van der Waals surface area contributed by atoms with Gasteiger partial charge in [-0.2, -0.15) is 0 Å². The number of carbonyl (C=O) groups is 2. The number of para-hydroxylation sites is 2. The minimum atomic E-state index is -0.136. The van der Waals surface area contributed by atoms with Crippen LogP contribution in [0.25, 0.3) is 0 Å². The highest BCUT2D eigenvalue weighted by atomic mass is 16.5. The topological polar surface area (TPSA) is 83.1 Å². The summed E-state index contributed by atoms with van der Waals surface area (Å²) < 4.78 is 10.9. The van der Waals surface area contributed by atoms with Crippen LogP contribution in [0.1, 0.15) is 62.7 Å². The Kier molecular flexibility index (Phi) is 12.2. The van der Waals surface area contributed by atoms with Crippen molar-refractivity contribution in [2.45, 2.75) is 52.4 Å². The van der Waals surface area contributed by atoms with Crippen LogP contribution >= 0.6 is 0 Å². The Morgan fingerprint density at radius 1 is 0.895 bits per heavy atom. The van der Waals surface area contributed by atoms with E-state index in [1.165, 1.54) is 0 Å². The molecular weight excluding hydrogens is 480 g/mol. The van der Waals surface area contributed by atoms with Gasteiger partial charge >= 0.3 is 0 Å². The number of amides is 2. The van der Waals surface area contributed by atoms with E-state index in [0.29, 0.717) is 37.4 Å². The molecule has 1 saturated heterocycles. The average molecular weight is 525 g/mol. The fourth-order valence-electron chi connectivity index (χ4n) is 4.70. The molecule has 2 aromatic rings. The van der Waals surface area contributed by atoms with Crippen molar-refractivity contribution in [3.05, 3.63) is 48.0 Å². The molecule has 0 atom stereocenters. The van der Waals surface area contributed by atoms with E-state index in [9.17, 15) is 9.59 Å². The first kappa shape index (κ1) is 29.3. The van der Waals surface area contributed by atoms with Crippen LogP contribution in [0, 0.1) is 0 Å². The molecule has 8 heteroatoms. The predicted octanol–water partition coefficient (Wildman–Crippen LogP) is 5.09. The van der Waals surface area contributed by atoms with Gasteiger partial charge in [-0.25, -0.2) is 0 Å². The van der Waals surface area contributed by atoms with Gasteiger partial charge in [0.25, 0.3) is 5.91 Å². The maximum absolute atomic E-state index is 13.3. The van der Waals surface area contributed by atoms with Crippen molar-refractivity contribution in [2.75, 3.05) is 68.2 Å². The summed E-state index contributed by atoms with van der Waals surface area (Å²) in [5, 5.41) is 6.02. The summed E-state index contributed by atoms with van der Waals surface area (Å²) in [6, 6.07) is 13.7. The van der Waals surface area contributed by atoms with Crippen LogP contribution < -0.4 is 25.2 Å². The molecule has 2 N–H and O–H groups in total. The van der Waals surface area contributed by atoms with Crippen LogP contribution in [-0.2, 0) is 9.53 Å². The summed E-state index contributed by atoms with van der Waals surface area (Å²) in [6.45, 7) is 9.09. The van der Waals surface area contributed by atoms with Gasteiger partial charge in [-0.3, -0.25) is 9.59 Å². The zero-order chi connectivity index (χ0) is 27.2. The largest absolute Gasteiger partial charge is 0.495 e. The molecule has 0 radical (unpaired) electrons. The van der Waals surface area contributed by atoms with Crippen molar-refractivity contribution in [1.29, 1.82) is 0 Å². The number of methoxy groups -OCH3 is 1. The van der Waals surface area contributed by atoms with Gasteiger partial charge in [0.05, 0.1) is 18.4 Å². The number of rotatable bonds is 15. The van der Waals surface area contributed by atoms with E-state index in [1.807, 2.05) is 43.3 Å². The lowest BCUT2D eigenvalue weighted by atomic mass is 10.1. The summed E-state index contributed by atoms with van der Waals surface area (Å²) in [6.07, 6.45) is 5.45. The van der Waals surface area contributed by atoms with Crippen molar-refractivity contribution < 1.29 is 19.1 Å². The molecule has 38 heavy (non-hydrogen) atoms. The van der Waals surface area contributed by atoms with E-state index in [2.05, 4.69) is 33.4 Å². The zero-order valence-electron chi connectivity index (χ0n) is 23.3. The first-order valence-electron chi connectivity index (χ1n) is 14.0. The van der Waals surface area contributed by atoms with E-state index in [4.69, 9.17) is 9.47 Å². The number of anilines is 3. The number of piperazine rings is 1. The molecule has 0 spiro atoms. The molecule has 0 saturated carbocycles. The third kappa shape index (κ3) is 8.65. The van der Waals surface area contributed by atoms with Crippen molar-refractivity contribution in [3.63, 3.8) is 0 Å².